The summed E-state index contributed by atoms with van der Waals surface area (Å²) in [7, 11) is -2.23. The van der Waals surface area contributed by atoms with Crippen LogP contribution in [0, 0.1) is 6.92 Å². The van der Waals surface area contributed by atoms with Crippen LogP contribution in [0.25, 0.3) is 0 Å². The van der Waals surface area contributed by atoms with Gasteiger partial charge in [0.05, 0.1) is 11.4 Å². The first-order valence-electron chi connectivity index (χ1n) is 7.21. The maximum atomic E-state index is 12.4. The minimum absolute atomic E-state index is 0.192. The molecule has 0 fully saturated rings. The average Bonchev–Trinajstić information content (AvgIpc) is 3.01. The van der Waals surface area contributed by atoms with Crippen molar-refractivity contribution in [2.24, 2.45) is 0 Å². The second-order valence-corrected chi connectivity index (χ2v) is 8.33. The minimum atomic E-state index is -3.64. The molecule has 1 aromatic carbocycles. The van der Waals surface area contributed by atoms with Crippen LogP contribution in [-0.2, 0) is 21.2 Å². The summed E-state index contributed by atoms with van der Waals surface area (Å²) < 4.78 is 25.8. The second kappa shape index (κ2) is 7.72. The van der Waals surface area contributed by atoms with Crippen LogP contribution in [0.15, 0.2) is 46.7 Å². The van der Waals surface area contributed by atoms with E-state index >= 15 is 0 Å². The number of amides is 1. The van der Waals surface area contributed by atoms with Crippen LogP contribution in [0.5, 0.6) is 0 Å². The standard InChI is InChI=1S/C16H20N2O3S2/c1-13-5-7-15(8-6-13)23(20,21)18(2)12-16(19)17-10-9-14-4-3-11-22-14/h3-8,11H,9-10,12H2,1-2H3,(H,17,19). The lowest BCUT2D eigenvalue weighted by atomic mass is 10.2. The zero-order valence-corrected chi connectivity index (χ0v) is 14.8. The van der Waals surface area contributed by atoms with E-state index in [4.69, 9.17) is 0 Å². The molecule has 0 unspecified atom stereocenters. The summed E-state index contributed by atoms with van der Waals surface area (Å²) in [4.78, 5) is 13.3. The van der Waals surface area contributed by atoms with E-state index in [0.717, 1.165) is 16.3 Å². The van der Waals surface area contributed by atoms with E-state index in [2.05, 4.69) is 5.32 Å². The first-order chi connectivity index (χ1) is 10.9. The quantitative estimate of drug-likeness (QED) is 0.829. The molecule has 5 nitrogen and oxygen atoms in total. The molecule has 2 rings (SSSR count). The fraction of sp³-hybridized carbons (Fsp3) is 0.312. The summed E-state index contributed by atoms with van der Waals surface area (Å²) in [6.07, 6.45) is 0.748. The van der Waals surface area contributed by atoms with E-state index in [1.807, 2.05) is 24.4 Å². The number of nitrogens with one attached hydrogen (secondary N) is 1. The van der Waals surface area contributed by atoms with Gasteiger partial charge in [-0.2, -0.15) is 4.31 Å². The van der Waals surface area contributed by atoms with E-state index in [0.29, 0.717) is 6.54 Å². The van der Waals surface area contributed by atoms with Crippen molar-refractivity contribution in [3.63, 3.8) is 0 Å². The topological polar surface area (TPSA) is 66.5 Å². The third-order valence-corrected chi connectivity index (χ3v) is 6.12. The van der Waals surface area contributed by atoms with Crippen molar-refractivity contribution >= 4 is 27.3 Å². The van der Waals surface area contributed by atoms with Crippen molar-refractivity contribution in [2.45, 2.75) is 18.2 Å². The van der Waals surface area contributed by atoms with Crippen LogP contribution >= 0.6 is 11.3 Å². The highest BCUT2D eigenvalue weighted by molar-refractivity contribution is 7.89. The molecule has 1 amide bonds. The molecule has 0 atom stereocenters. The average molecular weight is 352 g/mol. The zero-order chi connectivity index (χ0) is 16.9. The number of carbonyl (C=O) groups is 1. The highest BCUT2D eigenvalue weighted by atomic mass is 32.2. The highest BCUT2D eigenvalue weighted by Gasteiger charge is 2.22. The van der Waals surface area contributed by atoms with E-state index in [1.54, 1.807) is 35.6 Å². The third-order valence-electron chi connectivity index (χ3n) is 3.37. The van der Waals surface area contributed by atoms with E-state index in [9.17, 15) is 13.2 Å². The Kier molecular flexibility index (Phi) is 5.92. The molecule has 0 aliphatic heterocycles. The molecular weight excluding hydrogens is 332 g/mol. The van der Waals surface area contributed by atoms with Crippen molar-refractivity contribution in [3.05, 3.63) is 52.2 Å². The van der Waals surface area contributed by atoms with Gasteiger partial charge in [0.1, 0.15) is 0 Å². The highest BCUT2D eigenvalue weighted by Crippen LogP contribution is 2.14. The molecule has 2 aromatic rings. The number of sulfonamides is 1. The van der Waals surface area contributed by atoms with Crippen molar-refractivity contribution in [2.75, 3.05) is 20.1 Å². The maximum Gasteiger partial charge on any atom is 0.243 e. The number of thiophene rings is 1. The number of carbonyl (C=O) groups excluding carboxylic acids is 1. The number of likely N-dealkylation sites (N-methyl/N-ethyl adjacent to an activating group) is 1. The SMILES string of the molecule is Cc1ccc(S(=O)(=O)N(C)CC(=O)NCCc2cccs2)cc1. The Morgan fingerprint density at radius 1 is 1.22 bits per heavy atom. The van der Waals surface area contributed by atoms with Gasteiger partial charge >= 0.3 is 0 Å². The van der Waals surface area contributed by atoms with Crippen LogP contribution < -0.4 is 5.32 Å². The Balaban J connectivity index is 1.88. The van der Waals surface area contributed by atoms with Gasteiger partial charge in [-0.15, -0.1) is 11.3 Å². The van der Waals surface area contributed by atoms with Crippen LogP contribution in [0.2, 0.25) is 0 Å². The number of hydrogen-bond acceptors (Lipinski definition) is 4. The van der Waals surface area contributed by atoms with Gasteiger partial charge < -0.3 is 5.32 Å². The van der Waals surface area contributed by atoms with Crippen LogP contribution in [0.3, 0.4) is 0 Å². The normalized spacial score (nSPS) is 11.6. The zero-order valence-electron chi connectivity index (χ0n) is 13.2. The first kappa shape index (κ1) is 17.7. The molecule has 0 radical (unpaired) electrons. The monoisotopic (exact) mass is 352 g/mol. The Morgan fingerprint density at radius 2 is 1.91 bits per heavy atom. The molecule has 0 saturated heterocycles. The molecular formula is C16H20N2O3S2. The lowest BCUT2D eigenvalue weighted by Gasteiger charge is -2.17. The van der Waals surface area contributed by atoms with Gasteiger partial charge in [0.25, 0.3) is 0 Å². The van der Waals surface area contributed by atoms with Crippen molar-refractivity contribution in [1.82, 2.24) is 9.62 Å². The van der Waals surface area contributed by atoms with Crippen molar-refractivity contribution < 1.29 is 13.2 Å². The first-order valence-corrected chi connectivity index (χ1v) is 9.53. The lowest BCUT2D eigenvalue weighted by Crippen LogP contribution is -2.38. The Morgan fingerprint density at radius 3 is 2.52 bits per heavy atom. The number of nitrogens with zero attached hydrogens (tertiary/aromatic N) is 1. The molecule has 0 saturated carbocycles. The van der Waals surface area contributed by atoms with Gasteiger partial charge in [0, 0.05) is 18.5 Å². The molecule has 0 aliphatic rings. The fourth-order valence-electron chi connectivity index (χ4n) is 2.01. The van der Waals surface area contributed by atoms with Crippen molar-refractivity contribution in [3.8, 4) is 0 Å². The Labute approximate surface area is 141 Å². The van der Waals surface area contributed by atoms with Crippen molar-refractivity contribution in [1.29, 1.82) is 0 Å². The molecule has 0 aliphatic carbocycles. The predicted molar refractivity (Wildman–Crippen MR) is 92.0 cm³/mol. The number of rotatable bonds is 7. The molecule has 0 bridgehead atoms. The summed E-state index contributed by atoms with van der Waals surface area (Å²) in [6, 6.07) is 10.5. The van der Waals surface area contributed by atoms with Gasteiger partial charge in [0.15, 0.2) is 0 Å². The van der Waals surface area contributed by atoms with Crippen LogP contribution in [0.4, 0.5) is 0 Å². The van der Waals surface area contributed by atoms with Gasteiger partial charge in [0.2, 0.25) is 15.9 Å². The van der Waals surface area contributed by atoms with Gasteiger partial charge in [-0.1, -0.05) is 23.8 Å². The smallest absolute Gasteiger partial charge is 0.243 e. The summed E-state index contributed by atoms with van der Waals surface area (Å²) in [6.45, 7) is 2.19. The molecule has 7 heteroatoms. The van der Waals surface area contributed by atoms with Gasteiger partial charge in [-0.25, -0.2) is 8.42 Å². The van der Waals surface area contributed by atoms with E-state index in [-0.39, 0.29) is 17.3 Å². The van der Waals surface area contributed by atoms with Crippen LogP contribution in [0.1, 0.15) is 10.4 Å². The van der Waals surface area contributed by atoms with E-state index < -0.39 is 10.0 Å². The number of benzene rings is 1. The molecule has 124 valence electrons. The van der Waals surface area contributed by atoms with Gasteiger partial charge in [-0.05, 0) is 36.9 Å². The summed E-state index contributed by atoms with van der Waals surface area (Å²) in [5.41, 5.74) is 0.984. The largest absolute Gasteiger partial charge is 0.355 e. The molecule has 0 spiro atoms. The van der Waals surface area contributed by atoms with E-state index in [1.165, 1.54) is 11.9 Å². The lowest BCUT2D eigenvalue weighted by molar-refractivity contribution is -0.121. The van der Waals surface area contributed by atoms with Gasteiger partial charge in [-0.3, -0.25) is 4.79 Å². The predicted octanol–water partition coefficient (Wildman–Crippen LogP) is 2.04. The molecule has 1 N–H and O–H groups in total. The minimum Gasteiger partial charge on any atom is -0.355 e. The fourth-order valence-corrected chi connectivity index (χ4v) is 3.85. The third kappa shape index (κ3) is 4.89. The maximum absolute atomic E-state index is 12.4. The van der Waals surface area contributed by atoms with Crippen LogP contribution in [-0.4, -0.2) is 38.8 Å². The number of hydrogen-bond donors (Lipinski definition) is 1. The molecule has 1 aromatic heterocycles. The summed E-state index contributed by atoms with van der Waals surface area (Å²) in [5.74, 6) is -0.306. The Bertz CT molecular complexity index is 738. The Hall–Kier alpha value is -1.70. The number of aryl methyl sites for hydroxylation is 1. The summed E-state index contributed by atoms with van der Waals surface area (Å²) >= 11 is 1.63. The molecule has 23 heavy (non-hydrogen) atoms. The second-order valence-electron chi connectivity index (χ2n) is 5.25. The summed E-state index contributed by atoms with van der Waals surface area (Å²) in [5, 5.41) is 4.73. The molecule has 1 heterocycles.